The van der Waals surface area contributed by atoms with Crippen molar-refractivity contribution in [3.8, 4) is 12.3 Å². The van der Waals surface area contributed by atoms with E-state index < -0.39 is 0 Å². The molecule has 4 nitrogen and oxygen atoms in total. The van der Waals surface area contributed by atoms with Crippen LogP contribution < -0.4 is 5.32 Å². The molecule has 0 saturated carbocycles. The molecule has 27 heavy (non-hydrogen) atoms. The summed E-state index contributed by atoms with van der Waals surface area (Å²) in [4.78, 5) is 26.0. The summed E-state index contributed by atoms with van der Waals surface area (Å²) in [7, 11) is 1.63. The molecular formula is C23H26N2O2. The summed E-state index contributed by atoms with van der Waals surface area (Å²) in [5.41, 5.74) is 3.53. The average molecular weight is 362 g/mol. The van der Waals surface area contributed by atoms with E-state index in [0.29, 0.717) is 17.2 Å². The second-order valence-electron chi connectivity index (χ2n) is 7.11. The summed E-state index contributed by atoms with van der Waals surface area (Å²) in [6, 6.07) is 15.1. The first-order valence-electron chi connectivity index (χ1n) is 9.05. The first-order valence-corrected chi connectivity index (χ1v) is 9.05. The van der Waals surface area contributed by atoms with Crippen molar-refractivity contribution in [1.29, 1.82) is 0 Å². The Labute approximate surface area is 161 Å². The minimum atomic E-state index is -0.257. The van der Waals surface area contributed by atoms with E-state index in [1.165, 1.54) is 10.5 Å². The van der Waals surface area contributed by atoms with Crippen LogP contribution >= 0.6 is 0 Å². The molecule has 0 bridgehead atoms. The van der Waals surface area contributed by atoms with Gasteiger partial charge in [0.25, 0.3) is 0 Å². The Morgan fingerprint density at radius 3 is 2.41 bits per heavy atom. The van der Waals surface area contributed by atoms with E-state index in [1.54, 1.807) is 31.3 Å². The zero-order valence-corrected chi connectivity index (χ0v) is 16.2. The Bertz CT molecular complexity index is 832. The Hall–Kier alpha value is -3.06. The van der Waals surface area contributed by atoms with Gasteiger partial charge in [-0.3, -0.25) is 9.59 Å². The van der Waals surface area contributed by atoms with Crippen LogP contribution in [0.1, 0.15) is 30.5 Å². The van der Waals surface area contributed by atoms with Gasteiger partial charge in [-0.15, -0.1) is 6.42 Å². The molecule has 2 amide bonds. The highest BCUT2D eigenvalue weighted by molar-refractivity contribution is 5.94. The monoisotopic (exact) mass is 362 g/mol. The minimum absolute atomic E-state index is 0.00938. The Morgan fingerprint density at radius 1 is 1.11 bits per heavy atom. The van der Waals surface area contributed by atoms with E-state index in [4.69, 9.17) is 6.42 Å². The number of nitrogens with zero attached hydrogens (tertiary/aromatic N) is 1. The zero-order chi connectivity index (χ0) is 19.8. The lowest BCUT2D eigenvalue weighted by molar-refractivity contribution is -0.132. The molecule has 2 aromatic carbocycles. The molecular weight excluding hydrogens is 336 g/mol. The molecule has 0 radical (unpaired) electrons. The largest absolute Gasteiger partial charge is 0.336 e. The molecule has 0 aliphatic rings. The molecule has 0 aliphatic carbocycles. The molecule has 0 atom stereocenters. The Balaban J connectivity index is 1.87. The highest BCUT2D eigenvalue weighted by Gasteiger charge is 2.14. The third-order valence-electron chi connectivity index (χ3n) is 4.14. The van der Waals surface area contributed by atoms with Gasteiger partial charge in [-0.2, -0.15) is 0 Å². The van der Waals surface area contributed by atoms with Gasteiger partial charge in [0, 0.05) is 18.3 Å². The van der Waals surface area contributed by atoms with Crippen LogP contribution in [0.5, 0.6) is 0 Å². The number of carbonyl (C=O) groups excluding carboxylic acids is 2. The summed E-state index contributed by atoms with van der Waals surface area (Å²) in [5.74, 6) is 2.77. The van der Waals surface area contributed by atoms with Crippen molar-refractivity contribution < 1.29 is 9.59 Å². The number of terminal acetylenes is 1. The van der Waals surface area contributed by atoms with Crippen molar-refractivity contribution in [1.82, 2.24) is 4.90 Å². The molecule has 0 spiro atoms. The van der Waals surface area contributed by atoms with Gasteiger partial charge < -0.3 is 10.2 Å². The summed E-state index contributed by atoms with van der Waals surface area (Å²) >= 11 is 0. The van der Waals surface area contributed by atoms with Crippen molar-refractivity contribution in [2.24, 2.45) is 5.92 Å². The number of likely N-dealkylation sites (N-methyl/N-ethyl adjacent to an activating group) is 1. The SMILES string of the molecule is C#Cc1cccc(NC(=O)CN(C)C(=O)Cc2ccc(CC(C)C)cc2)c1. The maximum Gasteiger partial charge on any atom is 0.243 e. The number of nitrogens with one attached hydrogen (secondary N) is 1. The summed E-state index contributed by atoms with van der Waals surface area (Å²) in [6.45, 7) is 4.35. The molecule has 0 unspecified atom stereocenters. The summed E-state index contributed by atoms with van der Waals surface area (Å²) < 4.78 is 0. The first-order chi connectivity index (χ1) is 12.9. The van der Waals surface area contributed by atoms with Gasteiger partial charge in [0.2, 0.25) is 11.8 Å². The van der Waals surface area contributed by atoms with Crippen molar-refractivity contribution in [2.45, 2.75) is 26.7 Å². The van der Waals surface area contributed by atoms with E-state index in [9.17, 15) is 9.59 Å². The van der Waals surface area contributed by atoms with Crippen LogP contribution in [0, 0.1) is 18.3 Å². The van der Waals surface area contributed by atoms with Crippen LogP contribution in [0.25, 0.3) is 0 Å². The Kier molecular flexibility index (Phi) is 7.19. The number of hydrogen-bond acceptors (Lipinski definition) is 2. The van der Waals surface area contributed by atoms with E-state index in [2.05, 4.69) is 37.2 Å². The molecule has 4 heteroatoms. The van der Waals surface area contributed by atoms with Crippen molar-refractivity contribution >= 4 is 17.5 Å². The van der Waals surface area contributed by atoms with Crippen molar-refractivity contribution in [3.05, 3.63) is 65.2 Å². The van der Waals surface area contributed by atoms with Crippen LogP contribution in [0.15, 0.2) is 48.5 Å². The zero-order valence-electron chi connectivity index (χ0n) is 16.2. The molecule has 0 aromatic heterocycles. The van der Waals surface area contributed by atoms with E-state index >= 15 is 0 Å². The predicted molar refractivity (Wildman–Crippen MR) is 109 cm³/mol. The smallest absolute Gasteiger partial charge is 0.243 e. The van der Waals surface area contributed by atoms with Crippen LogP contribution in [0.4, 0.5) is 5.69 Å². The number of hydrogen-bond donors (Lipinski definition) is 1. The standard InChI is InChI=1S/C23H26N2O2/c1-5-18-7-6-8-21(14-18)24-22(26)16-25(4)23(27)15-20-11-9-19(10-12-20)13-17(2)3/h1,6-12,14,17H,13,15-16H2,2-4H3,(H,24,26). The van der Waals surface area contributed by atoms with Gasteiger partial charge in [-0.25, -0.2) is 0 Å². The second-order valence-corrected chi connectivity index (χ2v) is 7.11. The molecule has 0 heterocycles. The van der Waals surface area contributed by atoms with Gasteiger partial charge in [-0.05, 0) is 41.7 Å². The molecule has 0 fully saturated rings. The predicted octanol–water partition coefficient (Wildman–Crippen LogP) is 3.51. The third-order valence-corrected chi connectivity index (χ3v) is 4.14. The molecule has 2 rings (SSSR count). The van der Waals surface area contributed by atoms with Gasteiger partial charge in [0.15, 0.2) is 0 Å². The molecule has 0 aliphatic heterocycles. The van der Waals surface area contributed by atoms with Gasteiger partial charge in [0.05, 0.1) is 13.0 Å². The molecule has 2 aromatic rings. The fourth-order valence-electron chi connectivity index (χ4n) is 2.77. The Morgan fingerprint density at radius 2 is 1.78 bits per heavy atom. The lowest BCUT2D eigenvalue weighted by Crippen LogP contribution is -2.35. The summed E-state index contributed by atoms with van der Waals surface area (Å²) in [5, 5.41) is 2.76. The van der Waals surface area contributed by atoms with Gasteiger partial charge >= 0.3 is 0 Å². The van der Waals surface area contributed by atoms with Crippen LogP contribution in [0.3, 0.4) is 0 Å². The van der Waals surface area contributed by atoms with Crippen LogP contribution in [0.2, 0.25) is 0 Å². The number of benzene rings is 2. The molecule has 1 N–H and O–H groups in total. The van der Waals surface area contributed by atoms with Gasteiger partial charge in [-0.1, -0.05) is 50.1 Å². The number of amides is 2. The quantitative estimate of drug-likeness (QED) is 0.767. The lowest BCUT2D eigenvalue weighted by Gasteiger charge is -2.17. The maximum atomic E-state index is 12.4. The minimum Gasteiger partial charge on any atom is -0.336 e. The normalized spacial score (nSPS) is 10.3. The van der Waals surface area contributed by atoms with E-state index in [0.717, 1.165) is 12.0 Å². The first kappa shape index (κ1) is 20.3. The van der Waals surface area contributed by atoms with E-state index in [1.807, 2.05) is 12.1 Å². The number of carbonyl (C=O) groups is 2. The maximum absolute atomic E-state index is 12.4. The third kappa shape index (κ3) is 6.63. The van der Waals surface area contributed by atoms with Crippen molar-refractivity contribution in [2.75, 3.05) is 18.9 Å². The molecule has 0 saturated heterocycles. The fraction of sp³-hybridized carbons (Fsp3) is 0.304. The highest BCUT2D eigenvalue weighted by atomic mass is 16.2. The summed E-state index contributed by atoms with van der Waals surface area (Å²) in [6.07, 6.45) is 6.66. The van der Waals surface area contributed by atoms with Gasteiger partial charge in [0.1, 0.15) is 0 Å². The van der Waals surface area contributed by atoms with Crippen LogP contribution in [-0.4, -0.2) is 30.3 Å². The average Bonchev–Trinajstić information content (AvgIpc) is 2.62. The molecule has 140 valence electrons. The fourth-order valence-corrected chi connectivity index (χ4v) is 2.77. The van der Waals surface area contributed by atoms with E-state index in [-0.39, 0.29) is 24.8 Å². The second kappa shape index (κ2) is 9.59. The number of anilines is 1. The highest BCUT2D eigenvalue weighted by Crippen LogP contribution is 2.12. The topological polar surface area (TPSA) is 49.4 Å². The van der Waals surface area contributed by atoms with Crippen molar-refractivity contribution in [3.63, 3.8) is 0 Å². The number of rotatable bonds is 7. The lowest BCUT2D eigenvalue weighted by atomic mass is 10.0. The van der Waals surface area contributed by atoms with Crippen LogP contribution in [-0.2, 0) is 22.4 Å².